The van der Waals surface area contributed by atoms with Crippen LogP contribution in [0.5, 0.6) is 0 Å². The highest BCUT2D eigenvalue weighted by Crippen LogP contribution is 2.17. The number of ether oxygens (including phenoxy) is 1. The van der Waals surface area contributed by atoms with Crippen molar-refractivity contribution >= 4 is 23.3 Å². The van der Waals surface area contributed by atoms with Crippen molar-refractivity contribution in [2.45, 2.75) is 20.5 Å². The maximum atomic E-state index is 11.1. The normalized spacial score (nSPS) is 10.8. The number of hydrogen-bond acceptors (Lipinski definition) is 5. The fourth-order valence-corrected chi connectivity index (χ4v) is 1.87. The van der Waals surface area contributed by atoms with E-state index in [0.717, 1.165) is 0 Å². The molecule has 0 unspecified atom stereocenters. The fraction of sp³-hybridized carbons (Fsp3) is 0.583. The Balaban J connectivity index is 3.02. The molecule has 106 valence electrons. The second-order valence-corrected chi connectivity index (χ2v) is 5.03. The standard InChI is InChI=1S/C12H19ClN4O2/c1-8(2)5-17(6-10(14)18)12-4-9(13)15-11(16-12)7-19-3/h4,8H,5-7H2,1-3H3,(H2,14,18). The second-order valence-electron chi connectivity index (χ2n) is 4.64. The lowest BCUT2D eigenvalue weighted by Gasteiger charge is -2.24. The van der Waals surface area contributed by atoms with Gasteiger partial charge in [-0.15, -0.1) is 0 Å². The molecule has 2 N–H and O–H groups in total. The Morgan fingerprint density at radius 1 is 1.53 bits per heavy atom. The number of amides is 1. The lowest BCUT2D eigenvalue weighted by Crippen LogP contribution is -2.37. The van der Waals surface area contributed by atoms with E-state index in [4.69, 9.17) is 22.1 Å². The van der Waals surface area contributed by atoms with Crippen molar-refractivity contribution in [2.75, 3.05) is 25.1 Å². The molecule has 0 aliphatic heterocycles. The lowest BCUT2D eigenvalue weighted by atomic mass is 10.2. The minimum absolute atomic E-state index is 0.0952. The highest BCUT2D eigenvalue weighted by Gasteiger charge is 2.14. The summed E-state index contributed by atoms with van der Waals surface area (Å²) in [7, 11) is 1.55. The van der Waals surface area contributed by atoms with Crippen LogP contribution in [0.1, 0.15) is 19.7 Å². The van der Waals surface area contributed by atoms with Crippen molar-refractivity contribution in [1.29, 1.82) is 0 Å². The number of hydrogen-bond donors (Lipinski definition) is 1. The third kappa shape index (κ3) is 5.40. The Labute approximate surface area is 117 Å². The van der Waals surface area contributed by atoms with Gasteiger partial charge in [0, 0.05) is 19.7 Å². The van der Waals surface area contributed by atoms with Gasteiger partial charge in [-0.2, -0.15) is 0 Å². The van der Waals surface area contributed by atoms with Crippen LogP contribution in [0, 0.1) is 5.92 Å². The molecule has 0 fully saturated rings. The molecule has 1 aromatic heterocycles. The van der Waals surface area contributed by atoms with Gasteiger partial charge in [-0.3, -0.25) is 4.79 Å². The number of carbonyl (C=O) groups is 1. The fourth-order valence-electron chi connectivity index (χ4n) is 1.68. The molecule has 0 spiro atoms. The van der Waals surface area contributed by atoms with Gasteiger partial charge in [0.15, 0.2) is 5.82 Å². The Bertz CT molecular complexity index is 440. The van der Waals surface area contributed by atoms with Crippen molar-refractivity contribution in [3.05, 3.63) is 17.0 Å². The van der Waals surface area contributed by atoms with Crippen LogP contribution in [0.15, 0.2) is 6.07 Å². The number of primary amides is 1. The maximum absolute atomic E-state index is 11.1. The van der Waals surface area contributed by atoms with Crippen LogP contribution in [0.2, 0.25) is 5.15 Å². The van der Waals surface area contributed by atoms with E-state index in [1.165, 1.54) is 0 Å². The predicted molar refractivity (Wildman–Crippen MR) is 74.0 cm³/mol. The van der Waals surface area contributed by atoms with Crippen LogP contribution in [0.4, 0.5) is 5.82 Å². The van der Waals surface area contributed by atoms with Crippen LogP contribution in [-0.2, 0) is 16.1 Å². The second kappa shape index (κ2) is 7.25. The molecule has 19 heavy (non-hydrogen) atoms. The first-order valence-electron chi connectivity index (χ1n) is 5.98. The smallest absolute Gasteiger partial charge is 0.236 e. The Morgan fingerprint density at radius 3 is 2.74 bits per heavy atom. The minimum Gasteiger partial charge on any atom is -0.377 e. The van der Waals surface area contributed by atoms with Gasteiger partial charge >= 0.3 is 0 Å². The number of carbonyl (C=O) groups excluding carboxylic acids is 1. The number of aromatic nitrogens is 2. The summed E-state index contributed by atoms with van der Waals surface area (Å²) in [5.41, 5.74) is 5.26. The van der Waals surface area contributed by atoms with E-state index in [1.54, 1.807) is 18.1 Å². The third-order valence-corrected chi connectivity index (χ3v) is 2.45. The molecule has 0 atom stereocenters. The summed E-state index contributed by atoms with van der Waals surface area (Å²) in [6, 6.07) is 1.62. The summed E-state index contributed by atoms with van der Waals surface area (Å²) >= 11 is 5.95. The van der Waals surface area contributed by atoms with E-state index >= 15 is 0 Å². The first kappa shape index (κ1) is 15.7. The number of rotatable bonds is 7. The largest absolute Gasteiger partial charge is 0.377 e. The number of methoxy groups -OCH3 is 1. The summed E-state index contributed by atoms with van der Waals surface area (Å²) in [4.78, 5) is 21.3. The third-order valence-electron chi connectivity index (χ3n) is 2.26. The Kier molecular flexibility index (Phi) is 5.98. The van der Waals surface area contributed by atoms with E-state index in [-0.39, 0.29) is 13.2 Å². The van der Waals surface area contributed by atoms with Crippen LogP contribution in [0.25, 0.3) is 0 Å². The monoisotopic (exact) mass is 286 g/mol. The van der Waals surface area contributed by atoms with Gasteiger partial charge in [0.2, 0.25) is 5.91 Å². The summed E-state index contributed by atoms with van der Waals surface area (Å²) in [5, 5.41) is 0.315. The average Bonchev–Trinajstić information content (AvgIpc) is 2.26. The molecule has 1 rings (SSSR count). The average molecular weight is 287 g/mol. The minimum atomic E-state index is -0.413. The first-order valence-corrected chi connectivity index (χ1v) is 6.35. The quantitative estimate of drug-likeness (QED) is 0.762. The van der Waals surface area contributed by atoms with E-state index in [2.05, 4.69) is 9.97 Å². The Morgan fingerprint density at radius 2 is 2.21 bits per heavy atom. The topological polar surface area (TPSA) is 81.3 Å². The molecule has 1 aromatic rings. The highest BCUT2D eigenvalue weighted by atomic mass is 35.5. The molecule has 0 saturated carbocycles. The number of anilines is 1. The van der Waals surface area contributed by atoms with Crippen molar-refractivity contribution in [3.63, 3.8) is 0 Å². The molecule has 1 heterocycles. The summed E-state index contributed by atoms with van der Waals surface area (Å²) in [6.07, 6.45) is 0. The Hall–Kier alpha value is -1.40. The van der Waals surface area contributed by atoms with Crippen molar-refractivity contribution in [3.8, 4) is 0 Å². The van der Waals surface area contributed by atoms with Crippen LogP contribution in [0.3, 0.4) is 0 Å². The van der Waals surface area contributed by atoms with E-state index in [9.17, 15) is 4.79 Å². The molecular weight excluding hydrogens is 268 g/mol. The lowest BCUT2D eigenvalue weighted by molar-refractivity contribution is -0.116. The van der Waals surface area contributed by atoms with Gasteiger partial charge in [0.1, 0.15) is 17.6 Å². The van der Waals surface area contributed by atoms with E-state index < -0.39 is 5.91 Å². The van der Waals surface area contributed by atoms with Gasteiger partial charge in [0.25, 0.3) is 0 Å². The van der Waals surface area contributed by atoms with Gasteiger partial charge in [0.05, 0.1) is 6.54 Å². The highest BCUT2D eigenvalue weighted by molar-refractivity contribution is 6.29. The molecule has 0 aliphatic rings. The molecule has 0 bridgehead atoms. The molecule has 0 saturated heterocycles. The van der Waals surface area contributed by atoms with Gasteiger partial charge in [-0.1, -0.05) is 25.4 Å². The van der Waals surface area contributed by atoms with Crippen LogP contribution < -0.4 is 10.6 Å². The number of nitrogens with zero attached hydrogens (tertiary/aromatic N) is 3. The molecular formula is C12H19ClN4O2. The predicted octanol–water partition coefficient (Wildman–Crippen LogP) is 1.22. The van der Waals surface area contributed by atoms with Gasteiger partial charge in [-0.05, 0) is 5.92 Å². The van der Waals surface area contributed by atoms with Crippen molar-refractivity contribution in [1.82, 2.24) is 9.97 Å². The molecule has 7 heteroatoms. The summed E-state index contributed by atoms with van der Waals surface area (Å²) in [6.45, 7) is 5.11. The van der Waals surface area contributed by atoms with Crippen LogP contribution >= 0.6 is 11.6 Å². The molecule has 1 amide bonds. The number of nitrogens with two attached hydrogens (primary N) is 1. The molecule has 0 aliphatic carbocycles. The van der Waals surface area contributed by atoms with Crippen molar-refractivity contribution in [2.24, 2.45) is 11.7 Å². The van der Waals surface area contributed by atoms with E-state index in [0.29, 0.717) is 29.3 Å². The zero-order chi connectivity index (χ0) is 14.4. The van der Waals surface area contributed by atoms with Gasteiger partial charge in [-0.25, -0.2) is 9.97 Å². The summed E-state index contributed by atoms with van der Waals surface area (Å²) < 4.78 is 4.99. The summed E-state index contributed by atoms with van der Waals surface area (Å²) in [5.74, 6) is 1.01. The van der Waals surface area contributed by atoms with Gasteiger partial charge < -0.3 is 15.4 Å². The number of halogens is 1. The molecule has 6 nitrogen and oxygen atoms in total. The SMILES string of the molecule is COCc1nc(Cl)cc(N(CC(N)=O)CC(C)C)n1. The van der Waals surface area contributed by atoms with E-state index in [1.807, 2.05) is 13.8 Å². The maximum Gasteiger partial charge on any atom is 0.236 e. The van der Waals surface area contributed by atoms with Crippen LogP contribution in [-0.4, -0.2) is 36.1 Å². The molecule has 0 radical (unpaired) electrons. The zero-order valence-electron chi connectivity index (χ0n) is 11.4. The van der Waals surface area contributed by atoms with Crippen molar-refractivity contribution < 1.29 is 9.53 Å². The molecule has 0 aromatic carbocycles. The first-order chi connectivity index (χ1) is 8.92. The zero-order valence-corrected chi connectivity index (χ0v) is 12.1.